The van der Waals surface area contributed by atoms with Crippen LogP contribution in [-0.2, 0) is 4.79 Å². The Balaban J connectivity index is 1.59. The molecule has 2 aliphatic heterocycles. The monoisotopic (exact) mass is 322 g/mol. The number of nitrogens with zero attached hydrogens (tertiary/aromatic N) is 2. The lowest BCUT2D eigenvalue weighted by molar-refractivity contribution is -0.135. The van der Waals surface area contributed by atoms with E-state index in [0.29, 0.717) is 36.9 Å². The first-order valence-corrected chi connectivity index (χ1v) is 9.72. The highest BCUT2D eigenvalue weighted by Gasteiger charge is 2.38. The molecule has 4 atom stereocenters. The number of β-amino-alcohol motifs (C(OH)–C–C–N with tert-alkyl or cyclic N) is 1. The van der Waals surface area contributed by atoms with Gasteiger partial charge < -0.3 is 10.0 Å². The van der Waals surface area contributed by atoms with Crippen LogP contribution < -0.4 is 0 Å². The Bertz CT molecular complexity index is 398. The van der Waals surface area contributed by atoms with E-state index in [-0.39, 0.29) is 12.0 Å². The van der Waals surface area contributed by atoms with Gasteiger partial charge in [0.1, 0.15) is 0 Å². The molecule has 132 valence electrons. The summed E-state index contributed by atoms with van der Waals surface area (Å²) in [6, 6.07) is 0.425. The molecule has 4 nitrogen and oxygen atoms in total. The van der Waals surface area contributed by atoms with E-state index in [2.05, 4.69) is 23.6 Å². The molecule has 1 aliphatic carbocycles. The Hall–Kier alpha value is -0.610. The van der Waals surface area contributed by atoms with Gasteiger partial charge in [-0.15, -0.1) is 0 Å². The molecule has 1 N–H and O–H groups in total. The zero-order valence-corrected chi connectivity index (χ0v) is 14.9. The molecule has 1 amide bonds. The van der Waals surface area contributed by atoms with Crippen LogP contribution in [0.4, 0.5) is 0 Å². The molecule has 0 spiro atoms. The molecule has 3 fully saturated rings. The molecule has 0 radical (unpaired) electrons. The van der Waals surface area contributed by atoms with E-state index in [1.54, 1.807) is 0 Å². The van der Waals surface area contributed by atoms with Crippen molar-refractivity contribution in [3.05, 3.63) is 0 Å². The fraction of sp³-hybridized carbons (Fsp3) is 0.947. The highest BCUT2D eigenvalue weighted by molar-refractivity contribution is 5.78. The summed E-state index contributed by atoms with van der Waals surface area (Å²) >= 11 is 0. The minimum Gasteiger partial charge on any atom is -0.392 e. The zero-order chi connectivity index (χ0) is 16.4. The average molecular weight is 322 g/mol. The van der Waals surface area contributed by atoms with Crippen molar-refractivity contribution in [1.29, 1.82) is 0 Å². The van der Waals surface area contributed by atoms with Crippen molar-refractivity contribution in [3.63, 3.8) is 0 Å². The lowest BCUT2D eigenvalue weighted by Gasteiger charge is -2.38. The van der Waals surface area contributed by atoms with Gasteiger partial charge in [-0.05, 0) is 43.4 Å². The average Bonchev–Trinajstić information content (AvgIpc) is 2.87. The van der Waals surface area contributed by atoms with Crippen LogP contribution in [0.25, 0.3) is 0 Å². The number of amides is 1. The summed E-state index contributed by atoms with van der Waals surface area (Å²) in [6.45, 7) is 7.52. The Kier molecular flexibility index (Phi) is 5.63. The van der Waals surface area contributed by atoms with Gasteiger partial charge in [0, 0.05) is 25.7 Å². The van der Waals surface area contributed by atoms with Gasteiger partial charge in [0.15, 0.2) is 0 Å². The number of rotatable bonds is 3. The molecule has 3 aliphatic rings. The van der Waals surface area contributed by atoms with Crippen molar-refractivity contribution in [3.8, 4) is 0 Å². The first-order valence-electron chi connectivity index (χ1n) is 9.72. The van der Waals surface area contributed by atoms with Crippen molar-refractivity contribution in [2.75, 3.05) is 26.2 Å². The molecule has 0 aromatic carbocycles. The van der Waals surface area contributed by atoms with Gasteiger partial charge in [-0.3, -0.25) is 9.69 Å². The predicted octanol–water partition coefficient (Wildman–Crippen LogP) is 2.51. The second kappa shape index (κ2) is 7.52. The van der Waals surface area contributed by atoms with Gasteiger partial charge >= 0.3 is 0 Å². The minimum atomic E-state index is -0.242. The summed E-state index contributed by atoms with van der Waals surface area (Å²) < 4.78 is 0. The molecular weight excluding hydrogens is 288 g/mol. The van der Waals surface area contributed by atoms with Crippen molar-refractivity contribution < 1.29 is 9.90 Å². The first-order chi connectivity index (χ1) is 11.0. The topological polar surface area (TPSA) is 43.8 Å². The number of carbonyl (C=O) groups is 1. The number of aliphatic hydroxyl groups excluding tert-OH is 1. The summed E-state index contributed by atoms with van der Waals surface area (Å²) in [5, 5.41) is 10.1. The van der Waals surface area contributed by atoms with Crippen LogP contribution in [0.2, 0.25) is 0 Å². The van der Waals surface area contributed by atoms with E-state index in [0.717, 1.165) is 19.5 Å². The molecule has 0 aromatic heterocycles. The summed E-state index contributed by atoms with van der Waals surface area (Å²) in [5.41, 5.74) is 0. The molecule has 23 heavy (non-hydrogen) atoms. The second-order valence-electron chi connectivity index (χ2n) is 8.53. The highest BCUT2D eigenvalue weighted by atomic mass is 16.3. The number of carbonyl (C=O) groups excluding carboxylic acids is 1. The van der Waals surface area contributed by atoms with E-state index in [1.165, 1.54) is 38.5 Å². The Morgan fingerprint density at radius 3 is 2.30 bits per heavy atom. The minimum absolute atomic E-state index is 0.242. The number of likely N-dealkylation sites (tertiary alicyclic amines) is 2. The third-order valence-electron chi connectivity index (χ3n) is 6.18. The third-order valence-corrected chi connectivity index (χ3v) is 6.18. The van der Waals surface area contributed by atoms with Crippen LogP contribution in [0, 0.1) is 17.8 Å². The van der Waals surface area contributed by atoms with Gasteiger partial charge in [0.05, 0.1) is 12.6 Å². The highest BCUT2D eigenvalue weighted by Crippen LogP contribution is 2.34. The van der Waals surface area contributed by atoms with E-state index in [4.69, 9.17) is 0 Å². The number of hydrogen-bond acceptors (Lipinski definition) is 3. The fourth-order valence-corrected chi connectivity index (χ4v) is 5.24. The van der Waals surface area contributed by atoms with Crippen molar-refractivity contribution in [2.24, 2.45) is 17.8 Å². The molecule has 1 saturated carbocycles. The van der Waals surface area contributed by atoms with Crippen molar-refractivity contribution in [2.45, 2.75) is 70.9 Å². The summed E-state index contributed by atoms with van der Waals surface area (Å²) in [7, 11) is 0. The van der Waals surface area contributed by atoms with Gasteiger partial charge in [0.25, 0.3) is 0 Å². The van der Waals surface area contributed by atoms with E-state index >= 15 is 0 Å². The molecule has 4 unspecified atom stereocenters. The van der Waals surface area contributed by atoms with Crippen LogP contribution in [-0.4, -0.2) is 59.1 Å². The van der Waals surface area contributed by atoms with Crippen LogP contribution >= 0.6 is 0 Å². The molecule has 0 aromatic rings. The maximum Gasteiger partial charge on any atom is 0.236 e. The van der Waals surface area contributed by atoms with Crippen LogP contribution in [0.15, 0.2) is 0 Å². The smallest absolute Gasteiger partial charge is 0.236 e. The number of piperidine rings is 1. The molecule has 2 heterocycles. The lowest BCUT2D eigenvalue weighted by Crippen LogP contribution is -2.49. The predicted molar refractivity (Wildman–Crippen MR) is 92.1 cm³/mol. The van der Waals surface area contributed by atoms with Gasteiger partial charge in [-0.25, -0.2) is 0 Å². The molecule has 0 bridgehead atoms. The first kappa shape index (κ1) is 17.2. The fourth-order valence-electron chi connectivity index (χ4n) is 5.24. The maximum atomic E-state index is 12.8. The molecular formula is C19H34N2O2. The molecule has 4 heteroatoms. The van der Waals surface area contributed by atoms with Crippen molar-refractivity contribution >= 4 is 5.91 Å². The molecule has 2 saturated heterocycles. The summed E-state index contributed by atoms with van der Waals surface area (Å²) in [4.78, 5) is 17.2. The Morgan fingerprint density at radius 1 is 1.00 bits per heavy atom. The van der Waals surface area contributed by atoms with Crippen LogP contribution in [0.3, 0.4) is 0 Å². The van der Waals surface area contributed by atoms with Crippen molar-refractivity contribution in [1.82, 2.24) is 9.80 Å². The normalized spacial score (nSPS) is 37.3. The second-order valence-corrected chi connectivity index (χ2v) is 8.53. The van der Waals surface area contributed by atoms with E-state index < -0.39 is 0 Å². The summed E-state index contributed by atoms with van der Waals surface area (Å²) in [5.74, 6) is 2.19. The van der Waals surface area contributed by atoms with E-state index in [1.807, 2.05) is 0 Å². The third kappa shape index (κ3) is 4.27. The molecule has 3 rings (SSSR count). The zero-order valence-electron chi connectivity index (χ0n) is 14.9. The largest absolute Gasteiger partial charge is 0.392 e. The van der Waals surface area contributed by atoms with Gasteiger partial charge in [-0.2, -0.15) is 0 Å². The van der Waals surface area contributed by atoms with Crippen LogP contribution in [0.5, 0.6) is 0 Å². The quantitative estimate of drug-likeness (QED) is 0.868. The SMILES string of the molecule is CC1CC(C)CN(C(=O)CN2CC(O)CC2C2CCCCC2)C1. The summed E-state index contributed by atoms with van der Waals surface area (Å²) in [6.07, 6.45) is 8.41. The number of aliphatic hydroxyl groups is 1. The number of hydrogen-bond donors (Lipinski definition) is 1. The Morgan fingerprint density at radius 2 is 1.65 bits per heavy atom. The Labute approximate surface area is 141 Å². The van der Waals surface area contributed by atoms with Gasteiger partial charge in [0.2, 0.25) is 5.91 Å². The van der Waals surface area contributed by atoms with E-state index in [9.17, 15) is 9.90 Å². The van der Waals surface area contributed by atoms with Gasteiger partial charge in [-0.1, -0.05) is 33.1 Å². The lowest BCUT2D eigenvalue weighted by atomic mass is 9.82. The standard InChI is InChI=1S/C19H34N2O2/c1-14-8-15(2)11-21(10-14)19(23)13-20-12-17(22)9-18(20)16-6-4-3-5-7-16/h14-18,22H,3-13H2,1-2H3. The maximum absolute atomic E-state index is 12.8. The van der Waals surface area contributed by atoms with Crippen LogP contribution in [0.1, 0.15) is 58.8 Å².